The standard InChI is InChI=1S/C17H23N3O2S/c1-11(2)22-15-7-5-14(6-8-15)12(3)19-17(21)20-13(4)16-18-9-10-23-16/h5-13H,1-4H3,(H2,19,20,21)/t12-,13+/m1/s1. The topological polar surface area (TPSA) is 63.2 Å². The summed E-state index contributed by atoms with van der Waals surface area (Å²) in [6.07, 6.45) is 1.88. The summed E-state index contributed by atoms with van der Waals surface area (Å²) in [5.74, 6) is 0.831. The number of amides is 2. The molecule has 2 aromatic rings. The van der Waals surface area contributed by atoms with Crippen molar-refractivity contribution in [3.05, 3.63) is 46.4 Å². The molecule has 23 heavy (non-hydrogen) atoms. The van der Waals surface area contributed by atoms with Crippen molar-refractivity contribution in [3.63, 3.8) is 0 Å². The Bertz CT molecular complexity index is 611. The summed E-state index contributed by atoms with van der Waals surface area (Å²) in [6.45, 7) is 7.85. The van der Waals surface area contributed by atoms with E-state index < -0.39 is 0 Å². The van der Waals surface area contributed by atoms with E-state index in [9.17, 15) is 4.79 Å². The monoisotopic (exact) mass is 333 g/mol. The van der Waals surface area contributed by atoms with Gasteiger partial charge in [0.05, 0.1) is 18.2 Å². The highest BCUT2D eigenvalue weighted by atomic mass is 32.1. The molecular weight excluding hydrogens is 310 g/mol. The lowest BCUT2D eigenvalue weighted by Crippen LogP contribution is -2.38. The second kappa shape index (κ2) is 7.97. The van der Waals surface area contributed by atoms with Crippen LogP contribution in [-0.2, 0) is 0 Å². The molecule has 5 nitrogen and oxygen atoms in total. The summed E-state index contributed by atoms with van der Waals surface area (Å²) < 4.78 is 5.62. The Balaban J connectivity index is 1.88. The smallest absolute Gasteiger partial charge is 0.315 e. The molecule has 0 unspecified atom stereocenters. The van der Waals surface area contributed by atoms with E-state index in [1.165, 1.54) is 11.3 Å². The van der Waals surface area contributed by atoms with Crippen LogP contribution in [0.15, 0.2) is 35.8 Å². The van der Waals surface area contributed by atoms with Crippen LogP contribution in [0.1, 0.15) is 50.3 Å². The Labute approximate surface area is 141 Å². The third kappa shape index (κ3) is 5.25. The van der Waals surface area contributed by atoms with Crippen LogP contribution < -0.4 is 15.4 Å². The first-order valence-corrected chi connectivity index (χ1v) is 8.56. The molecule has 2 amide bonds. The van der Waals surface area contributed by atoms with Gasteiger partial charge in [-0.05, 0) is 45.4 Å². The number of carbonyl (C=O) groups excluding carboxylic acids is 1. The quantitative estimate of drug-likeness (QED) is 0.838. The lowest BCUT2D eigenvalue weighted by atomic mass is 10.1. The van der Waals surface area contributed by atoms with E-state index in [4.69, 9.17) is 4.74 Å². The van der Waals surface area contributed by atoms with Gasteiger partial charge in [-0.25, -0.2) is 9.78 Å². The van der Waals surface area contributed by atoms with Gasteiger partial charge in [0.25, 0.3) is 0 Å². The lowest BCUT2D eigenvalue weighted by molar-refractivity contribution is 0.235. The first kappa shape index (κ1) is 17.3. The maximum Gasteiger partial charge on any atom is 0.315 e. The van der Waals surface area contributed by atoms with Crippen LogP contribution in [0.4, 0.5) is 4.79 Å². The Morgan fingerprint density at radius 1 is 1.09 bits per heavy atom. The van der Waals surface area contributed by atoms with Gasteiger partial charge in [0.1, 0.15) is 10.8 Å². The van der Waals surface area contributed by atoms with Crippen molar-refractivity contribution in [1.82, 2.24) is 15.6 Å². The summed E-state index contributed by atoms with van der Waals surface area (Å²) in [6, 6.07) is 7.37. The van der Waals surface area contributed by atoms with Gasteiger partial charge in [-0.3, -0.25) is 0 Å². The zero-order chi connectivity index (χ0) is 16.8. The molecule has 0 aliphatic carbocycles. The fourth-order valence-electron chi connectivity index (χ4n) is 2.14. The van der Waals surface area contributed by atoms with Gasteiger partial charge in [0, 0.05) is 11.6 Å². The van der Waals surface area contributed by atoms with E-state index in [1.807, 2.05) is 57.3 Å². The maximum atomic E-state index is 12.1. The Hall–Kier alpha value is -2.08. The fourth-order valence-corrected chi connectivity index (χ4v) is 2.78. The van der Waals surface area contributed by atoms with Crippen molar-refractivity contribution >= 4 is 17.4 Å². The van der Waals surface area contributed by atoms with Crippen LogP contribution in [-0.4, -0.2) is 17.1 Å². The Morgan fingerprint density at radius 2 is 1.74 bits per heavy atom. The highest BCUT2D eigenvalue weighted by Crippen LogP contribution is 2.19. The number of benzene rings is 1. The number of rotatable bonds is 6. The molecule has 6 heteroatoms. The van der Waals surface area contributed by atoms with Crippen LogP contribution in [0.25, 0.3) is 0 Å². The van der Waals surface area contributed by atoms with E-state index in [2.05, 4.69) is 15.6 Å². The number of hydrogen-bond acceptors (Lipinski definition) is 4. The molecular formula is C17H23N3O2S. The van der Waals surface area contributed by atoms with Gasteiger partial charge in [0.2, 0.25) is 0 Å². The van der Waals surface area contributed by atoms with Gasteiger partial charge < -0.3 is 15.4 Å². The zero-order valence-electron chi connectivity index (χ0n) is 13.9. The van der Waals surface area contributed by atoms with Gasteiger partial charge in [-0.2, -0.15) is 0 Å². The molecule has 0 aliphatic rings. The minimum atomic E-state index is -0.206. The molecule has 2 atom stereocenters. The number of nitrogens with one attached hydrogen (secondary N) is 2. The largest absolute Gasteiger partial charge is 0.491 e. The predicted octanol–water partition coefficient (Wildman–Crippen LogP) is 4.05. The van der Waals surface area contributed by atoms with Crippen molar-refractivity contribution in [1.29, 1.82) is 0 Å². The molecule has 0 bridgehead atoms. The fraction of sp³-hybridized carbons (Fsp3) is 0.412. The average Bonchev–Trinajstić information content (AvgIpc) is 3.01. The van der Waals surface area contributed by atoms with Crippen LogP contribution in [0.3, 0.4) is 0 Å². The van der Waals surface area contributed by atoms with Gasteiger partial charge in [-0.15, -0.1) is 11.3 Å². The summed E-state index contributed by atoms with van der Waals surface area (Å²) >= 11 is 1.53. The number of ether oxygens (including phenoxy) is 1. The van der Waals surface area contributed by atoms with Gasteiger partial charge >= 0.3 is 6.03 Å². The zero-order valence-corrected chi connectivity index (χ0v) is 14.7. The average molecular weight is 333 g/mol. The Morgan fingerprint density at radius 3 is 2.30 bits per heavy atom. The molecule has 1 aromatic carbocycles. The van der Waals surface area contributed by atoms with Crippen LogP contribution in [0, 0.1) is 0 Å². The van der Waals surface area contributed by atoms with E-state index in [-0.39, 0.29) is 24.2 Å². The molecule has 0 fully saturated rings. The number of carbonyl (C=O) groups is 1. The molecule has 0 spiro atoms. The van der Waals surface area contributed by atoms with Gasteiger partial charge in [0.15, 0.2) is 0 Å². The minimum absolute atomic E-state index is 0.0911. The molecule has 2 N–H and O–H groups in total. The third-order valence-corrected chi connectivity index (χ3v) is 4.23. The summed E-state index contributed by atoms with van der Waals surface area (Å²) in [5.41, 5.74) is 1.03. The van der Waals surface area contributed by atoms with Crippen LogP contribution >= 0.6 is 11.3 Å². The second-order valence-electron chi connectivity index (χ2n) is 5.67. The minimum Gasteiger partial charge on any atom is -0.491 e. The van der Waals surface area contributed by atoms with E-state index in [0.717, 1.165) is 16.3 Å². The molecule has 0 radical (unpaired) electrons. The summed E-state index contributed by atoms with van der Waals surface area (Å²) in [7, 11) is 0. The predicted molar refractivity (Wildman–Crippen MR) is 92.8 cm³/mol. The highest BCUT2D eigenvalue weighted by Gasteiger charge is 2.14. The normalized spacial score (nSPS) is 13.4. The van der Waals surface area contributed by atoms with Crippen molar-refractivity contribution in [2.24, 2.45) is 0 Å². The molecule has 2 rings (SSSR count). The van der Waals surface area contributed by atoms with Crippen LogP contribution in [0.5, 0.6) is 5.75 Å². The van der Waals surface area contributed by atoms with E-state index in [1.54, 1.807) is 6.20 Å². The molecule has 0 saturated heterocycles. The number of hydrogen-bond donors (Lipinski definition) is 2. The number of aromatic nitrogens is 1. The number of urea groups is 1. The summed E-state index contributed by atoms with van der Waals surface area (Å²) in [5, 5.41) is 8.62. The first-order chi connectivity index (χ1) is 11.0. The van der Waals surface area contributed by atoms with Crippen molar-refractivity contribution in [3.8, 4) is 5.75 Å². The third-order valence-electron chi connectivity index (χ3n) is 3.27. The van der Waals surface area contributed by atoms with Crippen molar-refractivity contribution < 1.29 is 9.53 Å². The van der Waals surface area contributed by atoms with Crippen molar-refractivity contribution in [2.75, 3.05) is 0 Å². The molecule has 1 heterocycles. The Kier molecular flexibility index (Phi) is 5.98. The molecule has 0 aliphatic heterocycles. The van der Waals surface area contributed by atoms with E-state index >= 15 is 0 Å². The van der Waals surface area contributed by atoms with Crippen LogP contribution in [0.2, 0.25) is 0 Å². The molecule has 124 valence electrons. The number of nitrogens with zero attached hydrogens (tertiary/aromatic N) is 1. The lowest BCUT2D eigenvalue weighted by Gasteiger charge is -2.18. The summed E-state index contributed by atoms with van der Waals surface area (Å²) in [4.78, 5) is 16.3. The SMILES string of the molecule is CC(C)Oc1ccc([C@@H](C)NC(=O)N[C@@H](C)c2nccs2)cc1. The second-order valence-corrected chi connectivity index (χ2v) is 6.59. The highest BCUT2D eigenvalue weighted by molar-refractivity contribution is 7.09. The molecule has 0 saturated carbocycles. The maximum absolute atomic E-state index is 12.1. The number of thiazole rings is 1. The first-order valence-electron chi connectivity index (χ1n) is 7.68. The van der Waals surface area contributed by atoms with Gasteiger partial charge in [-0.1, -0.05) is 12.1 Å². The van der Waals surface area contributed by atoms with E-state index in [0.29, 0.717) is 0 Å². The molecule has 1 aromatic heterocycles. The van der Waals surface area contributed by atoms with Crippen molar-refractivity contribution in [2.45, 2.75) is 45.9 Å².